The highest BCUT2D eigenvalue weighted by atomic mass is 28.2. The molecule has 0 rings (SSSR count). The van der Waals surface area contributed by atoms with Crippen molar-refractivity contribution in [3.05, 3.63) is 0 Å². The molecule has 82 valence electrons. The fourth-order valence-corrected chi connectivity index (χ4v) is 1.07. The third kappa shape index (κ3) is 5.58. The number of nitrogens with one attached hydrogen (secondary N) is 1. The van der Waals surface area contributed by atoms with Crippen molar-refractivity contribution in [1.82, 2.24) is 5.32 Å². The SMILES string of the molecule is C[C@H](NC(=O)OC(C)(C)C)C(=O)O[SiH3]. The molecule has 0 heterocycles. The van der Waals surface area contributed by atoms with Gasteiger partial charge in [0, 0.05) is 0 Å². The van der Waals surface area contributed by atoms with Gasteiger partial charge >= 0.3 is 12.1 Å². The molecular formula is C8H17NO4Si. The standard InChI is InChI=1S/C8H17NO4Si/c1-5(6(10)13-14)9-7(11)12-8(2,3)4/h5H,1-4,14H3,(H,9,11)/t5-/m0/s1. The van der Waals surface area contributed by atoms with E-state index in [0.29, 0.717) is 10.5 Å². The van der Waals surface area contributed by atoms with Crippen molar-refractivity contribution < 1.29 is 18.8 Å². The van der Waals surface area contributed by atoms with Crippen molar-refractivity contribution in [3.8, 4) is 0 Å². The summed E-state index contributed by atoms with van der Waals surface area (Å²) in [6.45, 7) is 6.80. The van der Waals surface area contributed by atoms with Crippen molar-refractivity contribution in [3.63, 3.8) is 0 Å². The number of hydrogen-bond acceptors (Lipinski definition) is 4. The molecular weight excluding hydrogens is 202 g/mol. The summed E-state index contributed by atoms with van der Waals surface area (Å²) >= 11 is 0. The minimum absolute atomic E-state index is 0.322. The average molecular weight is 219 g/mol. The van der Waals surface area contributed by atoms with Gasteiger partial charge < -0.3 is 14.5 Å². The van der Waals surface area contributed by atoms with Crippen LogP contribution in [0.1, 0.15) is 27.7 Å². The van der Waals surface area contributed by atoms with Crippen LogP contribution in [0, 0.1) is 0 Å². The number of carbonyl (C=O) groups is 2. The smallest absolute Gasteiger partial charge is 0.408 e. The molecule has 0 fully saturated rings. The van der Waals surface area contributed by atoms with E-state index in [1.807, 2.05) is 0 Å². The lowest BCUT2D eigenvalue weighted by Crippen LogP contribution is -2.42. The van der Waals surface area contributed by atoms with Crippen LogP contribution in [0.5, 0.6) is 0 Å². The van der Waals surface area contributed by atoms with Crippen LogP contribution in [-0.2, 0) is 14.0 Å². The molecule has 1 N–H and O–H groups in total. The Balaban J connectivity index is 4.01. The van der Waals surface area contributed by atoms with Crippen molar-refractivity contribution in [1.29, 1.82) is 0 Å². The van der Waals surface area contributed by atoms with Gasteiger partial charge in [0.25, 0.3) is 0 Å². The van der Waals surface area contributed by atoms with E-state index in [0.717, 1.165) is 0 Å². The Morgan fingerprint density at radius 1 is 1.36 bits per heavy atom. The van der Waals surface area contributed by atoms with Crippen LogP contribution in [0.2, 0.25) is 0 Å². The second-order valence-corrected chi connectivity index (χ2v) is 4.30. The van der Waals surface area contributed by atoms with Crippen molar-refractivity contribution >= 4 is 22.5 Å². The van der Waals surface area contributed by atoms with E-state index < -0.39 is 23.7 Å². The summed E-state index contributed by atoms with van der Waals surface area (Å²) in [5.74, 6) is -0.442. The zero-order valence-corrected chi connectivity index (χ0v) is 11.2. The van der Waals surface area contributed by atoms with E-state index >= 15 is 0 Å². The summed E-state index contributed by atoms with van der Waals surface area (Å²) in [5, 5.41) is 2.37. The van der Waals surface area contributed by atoms with Crippen molar-refractivity contribution in [2.24, 2.45) is 0 Å². The van der Waals surface area contributed by atoms with Crippen LogP contribution < -0.4 is 5.32 Å². The van der Waals surface area contributed by atoms with E-state index in [-0.39, 0.29) is 0 Å². The molecule has 0 spiro atoms. The molecule has 0 aromatic carbocycles. The lowest BCUT2D eigenvalue weighted by molar-refractivity contribution is -0.135. The number of rotatable bonds is 2. The van der Waals surface area contributed by atoms with Crippen LogP contribution in [0.15, 0.2) is 0 Å². The molecule has 6 heteroatoms. The summed E-state index contributed by atoms with van der Waals surface area (Å²) in [5.41, 5.74) is -0.561. The Kier molecular flexibility index (Phi) is 4.62. The minimum atomic E-state index is -0.664. The molecule has 0 saturated carbocycles. The van der Waals surface area contributed by atoms with Crippen LogP contribution in [-0.4, -0.2) is 34.2 Å². The molecule has 0 radical (unpaired) electrons. The topological polar surface area (TPSA) is 64.6 Å². The zero-order valence-electron chi connectivity index (χ0n) is 9.21. The van der Waals surface area contributed by atoms with Gasteiger partial charge in [0.1, 0.15) is 11.6 Å². The van der Waals surface area contributed by atoms with Gasteiger partial charge in [0.2, 0.25) is 10.5 Å². The fourth-order valence-electron chi connectivity index (χ4n) is 0.720. The van der Waals surface area contributed by atoms with E-state index in [9.17, 15) is 9.59 Å². The normalized spacial score (nSPS) is 13.1. The first kappa shape index (κ1) is 13.0. The summed E-state index contributed by atoms with van der Waals surface area (Å²) in [6.07, 6.45) is -0.614. The monoisotopic (exact) mass is 219 g/mol. The molecule has 0 aromatic heterocycles. The van der Waals surface area contributed by atoms with Crippen LogP contribution in [0.4, 0.5) is 4.79 Å². The second-order valence-electron chi connectivity index (χ2n) is 3.89. The Hall–Kier alpha value is -1.04. The molecule has 0 aromatic rings. The van der Waals surface area contributed by atoms with Crippen LogP contribution in [0.25, 0.3) is 0 Å². The van der Waals surface area contributed by atoms with E-state index in [1.54, 1.807) is 27.7 Å². The maximum atomic E-state index is 11.2. The summed E-state index contributed by atoms with van der Waals surface area (Å²) in [7, 11) is 0.322. The Labute approximate surface area is 86.7 Å². The summed E-state index contributed by atoms with van der Waals surface area (Å²) < 4.78 is 9.53. The summed E-state index contributed by atoms with van der Waals surface area (Å²) in [4.78, 5) is 22.1. The highest BCUT2D eigenvalue weighted by Crippen LogP contribution is 2.06. The van der Waals surface area contributed by atoms with Gasteiger partial charge in [-0.3, -0.25) is 4.79 Å². The molecule has 0 aliphatic heterocycles. The second kappa shape index (κ2) is 4.99. The molecule has 0 aliphatic carbocycles. The van der Waals surface area contributed by atoms with Gasteiger partial charge in [-0.2, -0.15) is 0 Å². The third-order valence-electron chi connectivity index (χ3n) is 1.29. The quantitative estimate of drug-likeness (QED) is 0.649. The van der Waals surface area contributed by atoms with Gasteiger partial charge in [0.05, 0.1) is 0 Å². The highest BCUT2D eigenvalue weighted by Gasteiger charge is 2.20. The first-order valence-corrected chi connectivity index (χ1v) is 5.15. The lowest BCUT2D eigenvalue weighted by atomic mass is 10.2. The molecule has 5 nitrogen and oxygen atoms in total. The van der Waals surface area contributed by atoms with E-state index in [1.165, 1.54) is 0 Å². The molecule has 1 amide bonds. The van der Waals surface area contributed by atoms with Crippen LogP contribution >= 0.6 is 0 Å². The number of alkyl carbamates (subject to hydrolysis) is 1. The van der Waals surface area contributed by atoms with Crippen molar-refractivity contribution in [2.45, 2.75) is 39.3 Å². The van der Waals surface area contributed by atoms with Crippen LogP contribution in [0.3, 0.4) is 0 Å². The van der Waals surface area contributed by atoms with Gasteiger partial charge in [-0.15, -0.1) is 0 Å². The van der Waals surface area contributed by atoms with Gasteiger partial charge in [-0.05, 0) is 27.7 Å². The van der Waals surface area contributed by atoms with Gasteiger partial charge in [-0.1, -0.05) is 0 Å². The minimum Gasteiger partial charge on any atom is -0.527 e. The number of hydrogen-bond donors (Lipinski definition) is 1. The van der Waals surface area contributed by atoms with Gasteiger partial charge in [0.15, 0.2) is 0 Å². The predicted octanol–water partition coefficient (Wildman–Crippen LogP) is -0.277. The summed E-state index contributed by atoms with van der Waals surface area (Å²) in [6, 6.07) is -0.664. The number of ether oxygens (including phenoxy) is 1. The first-order chi connectivity index (χ1) is 6.26. The predicted molar refractivity (Wildman–Crippen MR) is 54.9 cm³/mol. The fraction of sp³-hybridized carbons (Fsp3) is 0.750. The first-order valence-electron chi connectivity index (χ1n) is 4.33. The van der Waals surface area contributed by atoms with Gasteiger partial charge in [-0.25, -0.2) is 4.79 Å². The Bertz CT molecular complexity index is 224. The molecule has 0 aliphatic rings. The van der Waals surface area contributed by atoms with Crippen molar-refractivity contribution in [2.75, 3.05) is 0 Å². The highest BCUT2D eigenvalue weighted by molar-refractivity contribution is 6.06. The molecule has 1 atom stereocenters. The molecule has 14 heavy (non-hydrogen) atoms. The Morgan fingerprint density at radius 3 is 2.21 bits per heavy atom. The largest absolute Gasteiger partial charge is 0.527 e. The Morgan fingerprint density at radius 2 is 1.86 bits per heavy atom. The maximum absolute atomic E-state index is 11.2. The average Bonchev–Trinajstić information content (AvgIpc) is 1.99. The maximum Gasteiger partial charge on any atom is 0.408 e. The lowest BCUT2D eigenvalue weighted by Gasteiger charge is -2.21. The zero-order chi connectivity index (χ0) is 11.4. The third-order valence-corrected chi connectivity index (χ3v) is 1.69. The van der Waals surface area contributed by atoms with E-state index in [4.69, 9.17) is 4.74 Å². The number of amides is 1. The number of carbonyl (C=O) groups excluding carboxylic acids is 2. The molecule has 0 saturated heterocycles. The molecule has 0 bridgehead atoms. The molecule has 0 unspecified atom stereocenters. The van der Waals surface area contributed by atoms with E-state index in [2.05, 4.69) is 9.74 Å².